The summed E-state index contributed by atoms with van der Waals surface area (Å²) in [7, 11) is 0. The second kappa shape index (κ2) is 10.9. The zero-order valence-electron chi connectivity index (χ0n) is 27.1. The third-order valence-electron chi connectivity index (χ3n) is 13.3. The minimum atomic E-state index is 0.175. The van der Waals surface area contributed by atoms with Crippen LogP contribution in [0.25, 0.3) is 10.8 Å². The van der Waals surface area contributed by atoms with Crippen LogP contribution in [-0.4, -0.2) is 39.6 Å². The summed E-state index contributed by atoms with van der Waals surface area (Å²) >= 11 is 0. The summed E-state index contributed by atoms with van der Waals surface area (Å²) in [5.74, 6) is 8.99. The predicted molar refractivity (Wildman–Crippen MR) is 175 cm³/mol. The summed E-state index contributed by atoms with van der Waals surface area (Å²) in [5, 5.41) is 2.51. The number of rotatable bonds is 14. The van der Waals surface area contributed by atoms with Crippen LogP contribution in [0.1, 0.15) is 88.2 Å². The first kappa shape index (κ1) is 28.3. The Labute approximate surface area is 272 Å². The molecule has 46 heavy (non-hydrogen) atoms. The van der Waals surface area contributed by atoms with Gasteiger partial charge in [0.1, 0.15) is 39.0 Å². The minimum Gasteiger partial charge on any atom is -0.487 e. The summed E-state index contributed by atoms with van der Waals surface area (Å²) in [4.78, 5) is 0. The fourth-order valence-corrected chi connectivity index (χ4v) is 12.2. The van der Waals surface area contributed by atoms with Crippen LogP contribution < -0.4 is 9.47 Å². The molecule has 8 saturated carbocycles. The lowest BCUT2D eigenvalue weighted by Gasteiger charge is -2.57. The lowest BCUT2D eigenvalue weighted by molar-refractivity contribution is -0.00690. The van der Waals surface area contributed by atoms with Crippen molar-refractivity contribution in [2.45, 2.75) is 87.9 Å². The van der Waals surface area contributed by atoms with E-state index in [1.54, 1.807) is 12.5 Å². The highest BCUT2D eigenvalue weighted by Gasteiger charge is 2.54. The smallest absolute Gasteiger partial charge is 0.169 e. The van der Waals surface area contributed by atoms with Gasteiger partial charge in [-0.2, -0.15) is 0 Å². The maximum Gasteiger partial charge on any atom is 0.169 e. The number of fused-ring (bicyclic) bond motifs is 1. The fraction of sp³-hybridized carbons (Fsp3) is 0.650. The van der Waals surface area contributed by atoms with E-state index in [-0.39, 0.29) is 5.41 Å². The maximum absolute atomic E-state index is 6.88. The molecule has 2 aliphatic heterocycles. The standard InChI is InChI=1S/C40H48O6/c1-2-32(39-15-25-7-26(16-39)9-27(8-25)17-39)14-35-31(1)13-36(40-18-28-10-29(19-40)12-30(11-28)20-40)38(44-6-4-42-22-34-24-46-34)37(35)43-5-3-41-21-33-23-45-33/h1-2,13-14,23-30H,3-12,15-22H2. The number of hydrogen-bond donors (Lipinski definition) is 0. The average molecular weight is 625 g/mol. The van der Waals surface area contributed by atoms with Gasteiger partial charge in [-0.15, -0.1) is 0 Å². The van der Waals surface area contributed by atoms with E-state index in [9.17, 15) is 0 Å². The number of ether oxygens (including phenoxy) is 6. The molecule has 0 unspecified atom stereocenters. The Balaban J connectivity index is 1.04. The monoisotopic (exact) mass is 624 g/mol. The van der Waals surface area contributed by atoms with Crippen molar-refractivity contribution in [2.24, 2.45) is 35.5 Å². The first-order valence-corrected chi connectivity index (χ1v) is 18.3. The Kier molecular flexibility index (Phi) is 6.72. The second-order valence-electron chi connectivity index (χ2n) is 16.6. The zero-order valence-corrected chi connectivity index (χ0v) is 27.1. The maximum atomic E-state index is 6.88. The van der Waals surface area contributed by atoms with Gasteiger partial charge in [0.2, 0.25) is 0 Å². The molecule has 6 heteroatoms. The highest BCUT2D eigenvalue weighted by molar-refractivity contribution is 5.93. The van der Waals surface area contributed by atoms with E-state index >= 15 is 0 Å². The molecule has 244 valence electrons. The summed E-state index contributed by atoms with van der Waals surface area (Å²) in [6.07, 6.45) is 20.1. The molecule has 8 fully saturated rings. The molecular weight excluding hydrogens is 576 g/mol. The van der Waals surface area contributed by atoms with Crippen molar-refractivity contribution in [3.8, 4) is 11.5 Å². The van der Waals surface area contributed by atoms with Crippen LogP contribution in [0.2, 0.25) is 0 Å². The molecule has 12 rings (SSSR count). The van der Waals surface area contributed by atoms with Gasteiger partial charge < -0.3 is 28.4 Å². The van der Waals surface area contributed by atoms with Gasteiger partial charge in [-0.3, -0.25) is 0 Å². The lowest BCUT2D eigenvalue weighted by atomic mass is 9.47. The topological polar surface area (TPSA) is 62.0 Å². The van der Waals surface area contributed by atoms with E-state index in [4.69, 9.17) is 28.4 Å². The van der Waals surface area contributed by atoms with Crippen LogP contribution in [0, 0.1) is 35.5 Å². The zero-order chi connectivity index (χ0) is 30.3. The average Bonchev–Trinajstić information content (AvgIpc) is 3.96. The molecule has 0 N–H and O–H groups in total. The van der Waals surface area contributed by atoms with E-state index in [2.05, 4.69) is 24.3 Å². The van der Waals surface area contributed by atoms with E-state index in [0.717, 1.165) is 58.5 Å². The third-order valence-corrected chi connectivity index (χ3v) is 13.3. The fourth-order valence-electron chi connectivity index (χ4n) is 12.2. The van der Waals surface area contributed by atoms with Crippen LogP contribution in [0.5, 0.6) is 11.5 Å². The molecule has 0 radical (unpaired) electrons. The molecule has 8 bridgehead atoms. The van der Waals surface area contributed by atoms with Crippen molar-refractivity contribution in [1.29, 1.82) is 0 Å². The normalized spacial score (nSPS) is 37.1. The summed E-state index contributed by atoms with van der Waals surface area (Å²) in [5.41, 5.74) is 3.43. The molecule has 0 atom stereocenters. The van der Waals surface area contributed by atoms with Crippen molar-refractivity contribution in [3.05, 3.63) is 59.4 Å². The molecule has 0 saturated heterocycles. The van der Waals surface area contributed by atoms with Gasteiger partial charge in [0.05, 0.1) is 13.2 Å². The Morgan fingerprint density at radius 1 is 0.565 bits per heavy atom. The van der Waals surface area contributed by atoms with Crippen LogP contribution in [0.15, 0.2) is 48.3 Å². The van der Waals surface area contributed by atoms with Crippen molar-refractivity contribution >= 4 is 10.8 Å². The lowest BCUT2D eigenvalue weighted by Crippen LogP contribution is -2.48. The van der Waals surface area contributed by atoms with Gasteiger partial charge in [0, 0.05) is 10.9 Å². The van der Waals surface area contributed by atoms with Crippen molar-refractivity contribution in [1.82, 2.24) is 0 Å². The molecule has 0 amide bonds. The Bertz CT molecular complexity index is 1520. The molecule has 2 aromatic rings. The molecular formula is C40H48O6. The molecule has 2 heterocycles. The van der Waals surface area contributed by atoms with E-state index in [1.165, 1.54) is 98.9 Å². The first-order valence-electron chi connectivity index (χ1n) is 18.3. The van der Waals surface area contributed by atoms with Crippen LogP contribution in [-0.2, 0) is 29.8 Å². The summed E-state index contributed by atoms with van der Waals surface area (Å²) in [6, 6.07) is 9.97. The Morgan fingerprint density at radius 3 is 1.54 bits per heavy atom. The van der Waals surface area contributed by atoms with Gasteiger partial charge in [-0.05, 0) is 146 Å². The SMILES string of the molecule is C1=C(COCCOc2c(C34CC5CC(CC(C5)C3)C4)cc3ccc(C45CC6CC(CC(C6)C4)C5)cc3c2OCCOCC2=CO2)O1. The van der Waals surface area contributed by atoms with E-state index in [1.807, 2.05) is 0 Å². The van der Waals surface area contributed by atoms with Crippen LogP contribution in [0.3, 0.4) is 0 Å². The van der Waals surface area contributed by atoms with Gasteiger partial charge in [-0.25, -0.2) is 0 Å². The minimum absolute atomic E-state index is 0.175. The number of benzene rings is 2. The Morgan fingerprint density at radius 2 is 1.04 bits per heavy atom. The molecule has 0 aromatic heterocycles. The highest BCUT2D eigenvalue weighted by atomic mass is 16.6. The largest absolute Gasteiger partial charge is 0.487 e. The number of hydrogen-bond acceptors (Lipinski definition) is 6. The molecule has 2 aromatic carbocycles. The second-order valence-corrected chi connectivity index (χ2v) is 16.6. The van der Waals surface area contributed by atoms with Gasteiger partial charge in [0.25, 0.3) is 0 Å². The van der Waals surface area contributed by atoms with Gasteiger partial charge in [-0.1, -0.05) is 12.1 Å². The van der Waals surface area contributed by atoms with Crippen molar-refractivity contribution < 1.29 is 28.4 Å². The van der Waals surface area contributed by atoms with E-state index in [0.29, 0.717) is 45.1 Å². The predicted octanol–water partition coefficient (Wildman–Crippen LogP) is 8.31. The van der Waals surface area contributed by atoms with Gasteiger partial charge in [0.15, 0.2) is 23.0 Å². The van der Waals surface area contributed by atoms with Gasteiger partial charge >= 0.3 is 0 Å². The highest BCUT2D eigenvalue weighted by Crippen LogP contribution is 2.64. The molecule has 10 aliphatic rings. The molecule has 6 nitrogen and oxygen atoms in total. The van der Waals surface area contributed by atoms with Crippen LogP contribution >= 0.6 is 0 Å². The molecule has 8 aliphatic carbocycles. The Hall–Kier alpha value is -2.70. The third kappa shape index (κ3) is 5.13. The summed E-state index contributed by atoms with van der Waals surface area (Å²) in [6.45, 7) is 3.02. The quantitative estimate of drug-likeness (QED) is 0.197. The summed E-state index contributed by atoms with van der Waals surface area (Å²) < 4.78 is 35.9. The van der Waals surface area contributed by atoms with Crippen LogP contribution in [0.4, 0.5) is 0 Å². The van der Waals surface area contributed by atoms with E-state index < -0.39 is 0 Å². The van der Waals surface area contributed by atoms with Crippen molar-refractivity contribution in [2.75, 3.05) is 39.6 Å². The van der Waals surface area contributed by atoms with Crippen molar-refractivity contribution in [3.63, 3.8) is 0 Å². The molecule has 0 spiro atoms. The first-order chi connectivity index (χ1) is 22.6.